The Bertz CT molecular complexity index is 813. The highest BCUT2D eigenvalue weighted by atomic mass is 16.5. The van der Waals surface area contributed by atoms with Gasteiger partial charge in [0.15, 0.2) is 5.65 Å². The first-order valence-corrected chi connectivity index (χ1v) is 8.81. The fourth-order valence-electron chi connectivity index (χ4n) is 3.20. The molecule has 1 saturated heterocycles. The van der Waals surface area contributed by atoms with Crippen LogP contribution in [0.3, 0.4) is 0 Å². The van der Waals surface area contributed by atoms with Gasteiger partial charge >= 0.3 is 0 Å². The van der Waals surface area contributed by atoms with E-state index in [1.807, 2.05) is 41.2 Å². The van der Waals surface area contributed by atoms with Gasteiger partial charge in [-0.05, 0) is 12.1 Å². The first-order chi connectivity index (χ1) is 12.4. The van der Waals surface area contributed by atoms with Crippen LogP contribution in [0.4, 0.5) is 5.82 Å². The molecule has 25 heavy (non-hydrogen) atoms. The van der Waals surface area contributed by atoms with Crippen LogP contribution in [0.25, 0.3) is 16.7 Å². The van der Waals surface area contributed by atoms with Crippen molar-refractivity contribution in [3.8, 4) is 5.69 Å². The smallest absolute Gasteiger partial charge is 0.168 e. The first kappa shape index (κ1) is 16.0. The third-order valence-corrected chi connectivity index (χ3v) is 4.57. The summed E-state index contributed by atoms with van der Waals surface area (Å²) in [6, 6.07) is 10.0. The van der Waals surface area contributed by atoms with Crippen molar-refractivity contribution in [1.29, 1.82) is 0 Å². The number of anilines is 1. The highest BCUT2D eigenvalue weighted by Gasteiger charge is 2.14. The number of ether oxygens (including phenoxy) is 1. The summed E-state index contributed by atoms with van der Waals surface area (Å²) in [4.78, 5) is 10.4. The maximum atomic E-state index is 5.40. The van der Waals surface area contributed by atoms with Crippen molar-refractivity contribution in [1.82, 2.24) is 19.7 Å². The van der Waals surface area contributed by atoms with Crippen LogP contribution in [0, 0.1) is 0 Å². The molecule has 7 heteroatoms. The van der Waals surface area contributed by atoms with E-state index < -0.39 is 0 Å². The Hall–Kier alpha value is -2.51. The highest BCUT2D eigenvalue weighted by molar-refractivity contribution is 5.87. The molecule has 2 aromatic heterocycles. The predicted octanol–water partition coefficient (Wildman–Crippen LogP) is 0.533. The number of nitrogens with zero attached hydrogens (tertiary/aromatic N) is 4. The van der Waals surface area contributed by atoms with Crippen molar-refractivity contribution in [2.75, 3.05) is 44.7 Å². The number of para-hydroxylation sites is 1. The minimum atomic E-state index is 0.822. The maximum absolute atomic E-state index is 5.40. The van der Waals surface area contributed by atoms with Gasteiger partial charge in [-0.1, -0.05) is 18.2 Å². The highest BCUT2D eigenvalue weighted by Crippen LogP contribution is 2.21. The summed E-state index contributed by atoms with van der Waals surface area (Å²) in [6.07, 6.45) is 4.53. The Morgan fingerprint density at radius 2 is 1.96 bits per heavy atom. The van der Waals surface area contributed by atoms with E-state index in [9.17, 15) is 0 Å². The van der Waals surface area contributed by atoms with Crippen LogP contribution in [0.2, 0.25) is 0 Å². The molecule has 0 saturated carbocycles. The van der Waals surface area contributed by atoms with Crippen LogP contribution in [0.1, 0.15) is 6.42 Å². The van der Waals surface area contributed by atoms with Gasteiger partial charge in [-0.15, -0.1) is 0 Å². The van der Waals surface area contributed by atoms with Gasteiger partial charge < -0.3 is 15.0 Å². The van der Waals surface area contributed by atoms with E-state index in [1.165, 1.54) is 0 Å². The SMILES string of the molecule is c1ccc(-n2ncc3c(NCCC[NH+]4CCOCC4)ncnc32)cc1. The number of rotatable bonds is 6. The largest absolute Gasteiger partial charge is 0.370 e. The predicted molar refractivity (Wildman–Crippen MR) is 96.1 cm³/mol. The molecule has 4 rings (SSSR count). The third kappa shape index (κ3) is 3.62. The Kier molecular flexibility index (Phi) is 4.85. The second kappa shape index (κ2) is 7.58. The summed E-state index contributed by atoms with van der Waals surface area (Å²) in [5.74, 6) is 0.851. The number of morpholine rings is 1. The number of quaternary nitrogens is 1. The number of benzene rings is 1. The molecular formula is C18H23N6O+. The number of aromatic nitrogens is 4. The van der Waals surface area contributed by atoms with Crippen molar-refractivity contribution in [3.63, 3.8) is 0 Å². The molecule has 0 aliphatic carbocycles. The molecule has 130 valence electrons. The molecule has 0 amide bonds. The zero-order valence-electron chi connectivity index (χ0n) is 14.2. The van der Waals surface area contributed by atoms with Crippen LogP contribution in [0.5, 0.6) is 0 Å². The molecule has 2 N–H and O–H groups in total. The van der Waals surface area contributed by atoms with Crippen LogP contribution < -0.4 is 10.2 Å². The zero-order valence-corrected chi connectivity index (χ0v) is 14.2. The van der Waals surface area contributed by atoms with Gasteiger partial charge in [-0.25, -0.2) is 14.6 Å². The lowest BCUT2D eigenvalue weighted by Crippen LogP contribution is -3.14. The monoisotopic (exact) mass is 339 g/mol. The average molecular weight is 339 g/mol. The maximum Gasteiger partial charge on any atom is 0.168 e. The van der Waals surface area contributed by atoms with Crippen LogP contribution in [-0.4, -0.2) is 59.1 Å². The Morgan fingerprint density at radius 1 is 1.12 bits per heavy atom. The molecule has 0 bridgehead atoms. The fraction of sp³-hybridized carbons (Fsp3) is 0.389. The third-order valence-electron chi connectivity index (χ3n) is 4.57. The van der Waals surface area contributed by atoms with Gasteiger partial charge in [-0.2, -0.15) is 5.10 Å². The van der Waals surface area contributed by atoms with E-state index in [-0.39, 0.29) is 0 Å². The summed E-state index contributed by atoms with van der Waals surface area (Å²) in [7, 11) is 0. The van der Waals surface area contributed by atoms with Gasteiger partial charge in [0.25, 0.3) is 0 Å². The van der Waals surface area contributed by atoms with Gasteiger partial charge in [0.2, 0.25) is 0 Å². The second-order valence-corrected chi connectivity index (χ2v) is 6.24. The quantitative estimate of drug-likeness (QED) is 0.641. The van der Waals surface area contributed by atoms with E-state index in [0.717, 1.165) is 68.4 Å². The normalized spacial score (nSPS) is 15.5. The van der Waals surface area contributed by atoms with Gasteiger partial charge in [0.1, 0.15) is 25.2 Å². The summed E-state index contributed by atoms with van der Waals surface area (Å²) >= 11 is 0. The van der Waals surface area contributed by atoms with E-state index in [4.69, 9.17) is 4.74 Å². The molecular weight excluding hydrogens is 316 g/mol. The van der Waals surface area contributed by atoms with Gasteiger partial charge in [0.05, 0.1) is 37.0 Å². The van der Waals surface area contributed by atoms with Crippen LogP contribution >= 0.6 is 0 Å². The van der Waals surface area contributed by atoms with E-state index in [1.54, 1.807) is 11.2 Å². The van der Waals surface area contributed by atoms with Crippen molar-refractivity contribution >= 4 is 16.9 Å². The molecule has 0 spiro atoms. The van der Waals surface area contributed by atoms with Crippen molar-refractivity contribution in [2.45, 2.75) is 6.42 Å². The molecule has 1 fully saturated rings. The van der Waals surface area contributed by atoms with Crippen molar-refractivity contribution in [3.05, 3.63) is 42.9 Å². The molecule has 0 unspecified atom stereocenters. The Balaban J connectivity index is 1.43. The number of nitrogens with one attached hydrogen (secondary N) is 2. The topological polar surface area (TPSA) is 69.3 Å². The lowest BCUT2D eigenvalue weighted by Gasteiger charge is -2.23. The molecule has 7 nitrogen and oxygen atoms in total. The lowest BCUT2D eigenvalue weighted by atomic mass is 10.3. The second-order valence-electron chi connectivity index (χ2n) is 6.24. The molecule has 3 aromatic rings. The van der Waals surface area contributed by atoms with E-state index in [0.29, 0.717) is 0 Å². The van der Waals surface area contributed by atoms with Crippen LogP contribution in [0.15, 0.2) is 42.9 Å². The fourth-order valence-corrected chi connectivity index (χ4v) is 3.20. The molecule has 1 aromatic carbocycles. The minimum absolute atomic E-state index is 0.822. The van der Waals surface area contributed by atoms with Crippen molar-refractivity contribution < 1.29 is 9.64 Å². The zero-order chi connectivity index (χ0) is 16.9. The standard InChI is InChI=1S/C18H22N6O/c1-2-5-15(6-3-1)24-18-16(13-22-24)17(20-14-21-18)19-7-4-8-23-9-11-25-12-10-23/h1-3,5-6,13-14H,4,7-12H2,(H,19,20,21)/p+1. The molecule has 1 aliphatic rings. The summed E-state index contributed by atoms with van der Waals surface area (Å²) in [5, 5.41) is 8.88. The van der Waals surface area contributed by atoms with Gasteiger partial charge in [-0.3, -0.25) is 0 Å². The Morgan fingerprint density at radius 3 is 2.80 bits per heavy atom. The van der Waals surface area contributed by atoms with Crippen LogP contribution in [-0.2, 0) is 4.74 Å². The lowest BCUT2D eigenvalue weighted by molar-refractivity contribution is -0.908. The number of hydrogen-bond acceptors (Lipinski definition) is 5. The van der Waals surface area contributed by atoms with E-state index >= 15 is 0 Å². The molecule has 1 aliphatic heterocycles. The molecule has 0 atom stereocenters. The Labute approximate surface area is 146 Å². The molecule has 3 heterocycles. The number of fused-ring (bicyclic) bond motifs is 1. The summed E-state index contributed by atoms with van der Waals surface area (Å²) in [6.45, 7) is 6.05. The number of hydrogen-bond donors (Lipinski definition) is 2. The first-order valence-electron chi connectivity index (χ1n) is 8.81. The summed E-state index contributed by atoms with van der Waals surface area (Å²) in [5.41, 5.74) is 1.82. The average Bonchev–Trinajstić information content (AvgIpc) is 3.12. The summed E-state index contributed by atoms with van der Waals surface area (Å²) < 4.78 is 7.25. The molecule has 0 radical (unpaired) electrons. The van der Waals surface area contributed by atoms with Gasteiger partial charge in [0, 0.05) is 13.0 Å². The van der Waals surface area contributed by atoms with Crippen molar-refractivity contribution in [2.24, 2.45) is 0 Å². The van der Waals surface area contributed by atoms with E-state index in [2.05, 4.69) is 20.4 Å². The minimum Gasteiger partial charge on any atom is -0.370 e.